The maximum Gasteiger partial charge on any atom is 0.323 e. The summed E-state index contributed by atoms with van der Waals surface area (Å²) in [6.07, 6.45) is 16.9. The normalized spacial score (nSPS) is 12.9. The first-order valence-corrected chi connectivity index (χ1v) is 17.1. The molecule has 1 aliphatic rings. The van der Waals surface area contributed by atoms with Crippen molar-refractivity contribution in [2.45, 2.75) is 98.5 Å². The average molecular weight is 665 g/mol. The first-order valence-electron chi connectivity index (χ1n) is 17.1. The predicted molar refractivity (Wildman–Crippen MR) is 187 cm³/mol. The number of aryl methyl sites for hydroxylation is 1. The number of ether oxygens (including phenoxy) is 2. The first kappa shape index (κ1) is 38.2. The number of urea groups is 1. The van der Waals surface area contributed by atoms with E-state index >= 15 is 0 Å². The average Bonchev–Trinajstić information content (AvgIpc) is 3.90. The maximum atomic E-state index is 13.0. The molecule has 1 saturated carbocycles. The van der Waals surface area contributed by atoms with E-state index in [-0.39, 0.29) is 19.2 Å². The molecule has 4 aromatic rings. The second kappa shape index (κ2) is 21.6. The third-order valence-corrected chi connectivity index (χ3v) is 7.54. The lowest BCUT2D eigenvalue weighted by Gasteiger charge is -2.17. The minimum absolute atomic E-state index is 0.199. The molecule has 0 unspecified atom stereocenters. The number of allylic oxidation sites excluding steroid dienone is 2. The number of anilines is 2. The maximum absolute atomic E-state index is 13.0. The molecule has 0 aliphatic heterocycles. The Balaban J connectivity index is 0.000000970. The van der Waals surface area contributed by atoms with Crippen LogP contribution in [-0.2, 0) is 16.1 Å². The van der Waals surface area contributed by atoms with Gasteiger partial charge in [0.15, 0.2) is 5.65 Å². The van der Waals surface area contributed by atoms with Gasteiger partial charge in [-0.2, -0.15) is 10.1 Å². The fourth-order valence-electron chi connectivity index (χ4n) is 5.17. The Kier molecular flexibility index (Phi) is 17.2. The molecule has 1 fully saturated rings. The molecule has 48 heavy (non-hydrogen) atoms. The summed E-state index contributed by atoms with van der Waals surface area (Å²) in [5, 5.41) is 23.1. The number of fused-ring (bicyclic) bond motifs is 1. The van der Waals surface area contributed by atoms with E-state index in [2.05, 4.69) is 35.8 Å². The number of aliphatic hydroxyl groups excluding tert-OH is 1. The van der Waals surface area contributed by atoms with Crippen LogP contribution < -0.4 is 10.6 Å². The Hall–Kier alpha value is -4.20. The van der Waals surface area contributed by atoms with Gasteiger partial charge in [-0.3, -0.25) is 4.98 Å². The van der Waals surface area contributed by atoms with Crippen molar-refractivity contribution in [3.05, 3.63) is 60.0 Å². The van der Waals surface area contributed by atoms with Crippen molar-refractivity contribution in [3.63, 3.8) is 0 Å². The van der Waals surface area contributed by atoms with Crippen LogP contribution in [0.1, 0.15) is 102 Å². The zero-order valence-corrected chi connectivity index (χ0v) is 29.1. The van der Waals surface area contributed by atoms with E-state index < -0.39 is 0 Å². The topological polar surface area (TPSA) is 162 Å². The van der Waals surface area contributed by atoms with Crippen molar-refractivity contribution in [1.29, 1.82) is 0 Å². The van der Waals surface area contributed by atoms with Gasteiger partial charge in [0, 0.05) is 38.4 Å². The fourth-order valence-corrected chi connectivity index (χ4v) is 5.17. The van der Waals surface area contributed by atoms with E-state index in [1.165, 1.54) is 0 Å². The van der Waals surface area contributed by atoms with Gasteiger partial charge in [0.25, 0.3) is 5.89 Å². The number of carbonyl (C=O) groups excluding carboxylic acids is 1. The second-order valence-corrected chi connectivity index (χ2v) is 11.1. The van der Waals surface area contributed by atoms with E-state index in [0.717, 1.165) is 68.3 Å². The molecule has 262 valence electrons. The highest BCUT2D eigenvalue weighted by Crippen LogP contribution is 2.37. The molecule has 13 heteroatoms. The van der Waals surface area contributed by atoms with Gasteiger partial charge in [-0.25, -0.2) is 14.3 Å². The fraction of sp³-hybridized carbons (Fsp3) is 0.543. The zero-order chi connectivity index (χ0) is 34.6. The molecule has 0 aromatic carbocycles. The molecule has 2 amide bonds. The third-order valence-electron chi connectivity index (χ3n) is 7.54. The van der Waals surface area contributed by atoms with Gasteiger partial charge < -0.3 is 29.7 Å². The van der Waals surface area contributed by atoms with Crippen LogP contribution in [0, 0.1) is 6.92 Å². The van der Waals surface area contributed by atoms with Crippen LogP contribution in [0.5, 0.6) is 0 Å². The van der Waals surface area contributed by atoms with Crippen LogP contribution in [0.2, 0.25) is 0 Å². The quantitative estimate of drug-likeness (QED) is 0.0858. The molecule has 0 spiro atoms. The molecule has 0 radical (unpaired) electrons. The largest absolute Gasteiger partial charge is 0.396 e. The first-order chi connectivity index (χ1) is 23.5. The summed E-state index contributed by atoms with van der Waals surface area (Å²) in [4.78, 5) is 26.3. The SMILES string of the molecule is C/C=C\C.CC.Cc1cc(NC(=O)Nc2cnc3ccnn3c2C2CCCC2)cnc1-c1noc(COCCCOCCCCCO)n1. The van der Waals surface area contributed by atoms with Gasteiger partial charge >= 0.3 is 6.03 Å². The molecule has 5 rings (SSSR count). The number of pyridine rings is 1. The third kappa shape index (κ3) is 11.8. The number of carbonyl (C=O) groups is 1. The number of unbranched alkanes of at least 4 members (excludes halogenated alkanes) is 2. The Bertz CT molecular complexity index is 1530. The van der Waals surface area contributed by atoms with Crippen molar-refractivity contribution in [1.82, 2.24) is 29.7 Å². The molecular formula is C35H52N8O5. The van der Waals surface area contributed by atoms with Crippen molar-refractivity contribution in [2.24, 2.45) is 0 Å². The van der Waals surface area contributed by atoms with E-state index in [1.807, 2.05) is 63.4 Å². The summed E-state index contributed by atoms with van der Waals surface area (Å²) in [5.74, 6) is 1.04. The Labute approximate surface area is 283 Å². The summed E-state index contributed by atoms with van der Waals surface area (Å²) in [6, 6.07) is 3.29. The van der Waals surface area contributed by atoms with Crippen LogP contribution in [0.3, 0.4) is 0 Å². The molecule has 0 bridgehead atoms. The van der Waals surface area contributed by atoms with Crippen LogP contribution in [0.15, 0.2) is 47.4 Å². The van der Waals surface area contributed by atoms with Crippen molar-refractivity contribution >= 4 is 23.1 Å². The van der Waals surface area contributed by atoms with Crippen LogP contribution >= 0.6 is 0 Å². The molecule has 3 N–H and O–H groups in total. The lowest BCUT2D eigenvalue weighted by Crippen LogP contribution is -2.22. The minimum Gasteiger partial charge on any atom is -0.396 e. The van der Waals surface area contributed by atoms with Crippen molar-refractivity contribution in [2.75, 3.05) is 37.1 Å². The van der Waals surface area contributed by atoms with Crippen LogP contribution in [0.4, 0.5) is 16.2 Å². The number of aliphatic hydroxyl groups is 1. The van der Waals surface area contributed by atoms with Gasteiger partial charge in [0.2, 0.25) is 5.82 Å². The van der Waals surface area contributed by atoms with Gasteiger partial charge in [-0.1, -0.05) is 44.0 Å². The standard InChI is InChI=1S/C29H38N8O5.C4H8.C2H6/c1-20-16-22(33-29(39)34-23-18-30-24-10-11-32-37(24)27(23)21-8-3-4-9-21)17-31-26(20)28-35-25(42-36-28)19-41-15-7-14-40-13-6-2-5-12-38;1-3-4-2;1-2/h10-11,16-18,21,38H,2-9,12-15,19H2,1H3,(H2,33,34,39);3-4H,1-2H3;1-2H3/b;4-3-;. The zero-order valence-electron chi connectivity index (χ0n) is 29.1. The number of rotatable bonds is 15. The molecule has 0 saturated heterocycles. The van der Waals surface area contributed by atoms with Crippen molar-refractivity contribution in [3.8, 4) is 11.5 Å². The molecule has 13 nitrogen and oxygen atoms in total. The second-order valence-electron chi connectivity index (χ2n) is 11.1. The van der Waals surface area contributed by atoms with E-state index in [0.29, 0.717) is 54.5 Å². The van der Waals surface area contributed by atoms with Gasteiger partial charge in [0.05, 0.1) is 35.7 Å². The molecule has 1 aliphatic carbocycles. The number of amides is 2. The highest BCUT2D eigenvalue weighted by molar-refractivity contribution is 6.00. The number of nitrogens with one attached hydrogen (secondary N) is 2. The number of hydrogen-bond acceptors (Lipinski definition) is 10. The van der Waals surface area contributed by atoms with Gasteiger partial charge in [-0.05, 0) is 70.9 Å². The predicted octanol–water partition coefficient (Wildman–Crippen LogP) is 7.48. The van der Waals surface area contributed by atoms with Gasteiger partial charge in [-0.15, -0.1) is 0 Å². The Morgan fingerprint density at radius 3 is 2.50 bits per heavy atom. The van der Waals surface area contributed by atoms with E-state index in [9.17, 15) is 4.79 Å². The number of aromatic nitrogens is 6. The molecule has 4 heterocycles. The molecule has 4 aromatic heterocycles. The van der Waals surface area contributed by atoms with Crippen molar-refractivity contribution < 1.29 is 23.9 Å². The minimum atomic E-state index is -0.386. The van der Waals surface area contributed by atoms with Crippen LogP contribution in [-0.4, -0.2) is 67.3 Å². The van der Waals surface area contributed by atoms with E-state index in [1.54, 1.807) is 18.6 Å². The highest BCUT2D eigenvalue weighted by Gasteiger charge is 2.25. The monoisotopic (exact) mass is 664 g/mol. The summed E-state index contributed by atoms with van der Waals surface area (Å²) >= 11 is 0. The summed E-state index contributed by atoms with van der Waals surface area (Å²) in [6.45, 7) is 12.1. The Morgan fingerprint density at radius 2 is 1.77 bits per heavy atom. The summed E-state index contributed by atoms with van der Waals surface area (Å²) in [5.41, 5.74) is 4.28. The summed E-state index contributed by atoms with van der Waals surface area (Å²) < 4.78 is 18.3. The number of hydrogen-bond donors (Lipinski definition) is 3. The smallest absolute Gasteiger partial charge is 0.323 e. The summed E-state index contributed by atoms with van der Waals surface area (Å²) in [7, 11) is 0. The molecular weight excluding hydrogens is 612 g/mol. The lowest BCUT2D eigenvalue weighted by molar-refractivity contribution is 0.0632. The van der Waals surface area contributed by atoms with E-state index in [4.69, 9.17) is 19.1 Å². The van der Waals surface area contributed by atoms with Crippen LogP contribution in [0.25, 0.3) is 17.2 Å². The molecule has 0 atom stereocenters. The number of nitrogens with zero attached hydrogens (tertiary/aromatic N) is 6. The Morgan fingerprint density at radius 1 is 1.02 bits per heavy atom. The highest BCUT2D eigenvalue weighted by atomic mass is 16.5. The lowest BCUT2D eigenvalue weighted by atomic mass is 10.0. The van der Waals surface area contributed by atoms with Gasteiger partial charge in [0.1, 0.15) is 12.3 Å².